The minimum absolute atomic E-state index is 0.403. The van der Waals surface area contributed by atoms with Crippen molar-refractivity contribution in [3.05, 3.63) is 100 Å². The molecule has 3 aromatic carbocycles. The van der Waals surface area contributed by atoms with Gasteiger partial charge in [-0.15, -0.1) is 0 Å². The summed E-state index contributed by atoms with van der Waals surface area (Å²) in [5, 5.41) is 1.78. The number of aromatic amines is 1. The third-order valence-electron chi connectivity index (χ3n) is 5.30. The number of ether oxygens (including phenoxy) is 1. The van der Waals surface area contributed by atoms with E-state index in [0.717, 1.165) is 33.3 Å². The number of benzene rings is 3. The van der Waals surface area contributed by atoms with E-state index < -0.39 is 11.6 Å². The molecular formula is C26H19NO4. The second-order valence-electron chi connectivity index (χ2n) is 7.41. The number of aromatic nitrogens is 1. The standard InChI is InChI=1S/C26H19NO4/c1-16(28)30-24-14-18-11-12-25(29)31-23(18)15-19(24)13-21-20-9-5-6-10-22(20)27-26(21)17-7-3-2-4-8-17/h2-12,14-15,27H,13H2,1H3. The summed E-state index contributed by atoms with van der Waals surface area (Å²) in [6.45, 7) is 1.38. The van der Waals surface area contributed by atoms with Crippen LogP contribution in [0.1, 0.15) is 18.1 Å². The van der Waals surface area contributed by atoms with E-state index in [1.54, 1.807) is 18.2 Å². The molecule has 5 heteroatoms. The first kappa shape index (κ1) is 18.9. The van der Waals surface area contributed by atoms with Crippen molar-refractivity contribution in [3.63, 3.8) is 0 Å². The maximum Gasteiger partial charge on any atom is 0.336 e. The highest BCUT2D eigenvalue weighted by atomic mass is 16.5. The van der Waals surface area contributed by atoms with Crippen LogP contribution >= 0.6 is 0 Å². The lowest BCUT2D eigenvalue weighted by molar-refractivity contribution is -0.131. The van der Waals surface area contributed by atoms with Crippen molar-refractivity contribution in [2.24, 2.45) is 0 Å². The van der Waals surface area contributed by atoms with Crippen molar-refractivity contribution in [2.45, 2.75) is 13.3 Å². The predicted molar refractivity (Wildman–Crippen MR) is 120 cm³/mol. The zero-order valence-electron chi connectivity index (χ0n) is 16.8. The van der Waals surface area contributed by atoms with Gasteiger partial charge in [0.25, 0.3) is 0 Å². The van der Waals surface area contributed by atoms with E-state index in [1.807, 2.05) is 36.4 Å². The lowest BCUT2D eigenvalue weighted by atomic mass is 9.97. The Morgan fingerprint density at radius 3 is 2.55 bits per heavy atom. The fourth-order valence-corrected chi connectivity index (χ4v) is 3.95. The molecule has 5 aromatic rings. The summed E-state index contributed by atoms with van der Waals surface area (Å²) < 4.78 is 10.9. The summed E-state index contributed by atoms with van der Waals surface area (Å²) in [7, 11) is 0. The van der Waals surface area contributed by atoms with Crippen LogP contribution in [-0.4, -0.2) is 11.0 Å². The van der Waals surface area contributed by atoms with E-state index >= 15 is 0 Å². The Labute approximate surface area is 177 Å². The SMILES string of the molecule is CC(=O)Oc1cc2ccc(=O)oc2cc1Cc1c(-c2ccccc2)[nH]c2ccccc12. The van der Waals surface area contributed by atoms with Crippen molar-refractivity contribution in [1.29, 1.82) is 0 Å². The lowest BCUT2D eigenvalue weighted by Crippen LogP contribution is -2.05. The first-order chi connectivity index (χ1) is 15.1. The summed E-state index contributed by atoms with van der Waals surface area (Å²) >= 11 is 0. The number of esters is 1. The van der Waals surface area contributed by atoms with Gasteiger partial charge in [-0.25, -0.2) is 4.79 Å². The first-order valence-corrected chi connectivity index (χ1v) is 9.99. The Kier molecular flexibility index (Phi) is 4.64. The molecule has 0 radical (unpaired) electrons. The highest BCUT2D eigenvalue weighted by molar-refractivity contribution is 5.91. The highest BCUT2D eigenvalue weighted by Gasteiger charge is 2.17. The summed E-state index contributed by atoms with van der Waals surface area (Å²) in [5.74, 6) is 0.0540. The van der Waals surface area contributed by atoms with Crippen LogP contribution in [0.3, 0.4) is 0 Å². The number of rotatable bonds is 4. The van der Waals surface area contributed by atoms with E-state index in [2.05, 4.69) is 23.2 Å². The molecule has 1 N–H and O–H groups in total. The molecule has 0 aliphatic carbocycles. The van der Waals surface area contributed by atoms with Gasteiger partial charge in [-0.3, -0.25) is 4.79 Å². The maximum absolute atomic E-state index is 11.8. The van der Waals surface area contributed by atoms with Crippen LogP contribution in [-0.2, 0) is 11.2 Å². The molecule has 0 aliphatic heterocycles. The molecular weight excluding hydrogens is 390 g/mol. The molecule has 0 bridgehead atoms. The second-order valence-corrected chi connectivity index (χ2v) is 7.41. The molecule has 152 valence electrons. The summed E-state index contributed by atoms with van der Waals surface area (Å²) in [5.41, 5.74) is 4.97. The number of hydrogen-bond donors (Lipinski definition) is 1. The average Bonchev–Trinajstić information content (AvgIpc) is 3.13. The smallest absolute Gasteiger partial charge is 0.336 e. The molecule has 2 aromatic heterocycles. The molecule has 5 rings (SSSR count). The monoisotopic (exact) mass is 409 g/mol. The average molecular weight is 409 g/mol. The van der Waals surface area contributed by atoms with Gasteiger partial charge in [0.2, 0.25) is 0 Å². The molecule has 0 amide bonds. The second kappa shape index (κ2) is 7.61. The van der Waals surface area contributed by atoms with Crippen LogP contribution in [0.5, 0.6) is 5.75 Å². The van der Waals surface area contributed by atoms with Crippen LogP contribution < -0.4 is 10.4 Å². The molecule has 0 fully saturated rings. The van der Waals surface area contributed by atoms with E-state index in [0.29, 0.717) is 23.1 Å². The van der Waals surface area contributed by atoms with E-state index in [-0.39, 0.29) is 0 Å². The molecule has 31 heavy (non-hydrogen) atoms. The molecule has 0 spiro atoms. The van der Waals surface area contributed by atoms with Crippen LogP contribution in [0.15, 0.2) is 88.1 Å². The molecule has 0 atom stereocenters. The van der Waals surface area contributed by atoms with Crippen molar-refractivity contribution >= 4 is 27.8 Å². The maximum atomic E-state index is 11.8. The zero-order valence-corrected chi connectivity index (χ0v) is 16.8. The molecule has 2 heterocycles. The summed E-state index contributed by atoms with van der Waals surface area (Å²) in [6, 6.07) is 24.7. The summed E-state index contributed by atoms with van der Waals surface area (Å²) in [4.78, 5) is 27.0. The summed E-state index contributed by atoms with van der Waals surface area (Å²) in [6.07, 6.45) is 0.491. The van der Waals surface area contributed by atoms with Gasteiger partial charge in [0.05, 0.1) is 5.69 Å². The number of hydrogen-bond acceptors (Lipinski definition) is 4. The first-order valence-electron chi connectivity index (χ1n) is 9.99. The number of H-pyrrole nitrogens is 1. The van der Waals surface area contributed by atoms with Gasteiger partial charge in [-0.05, 0) is 35.4 Å². The predicted octanol–water partition coefficient (Wildman–Crippen LogP) is 5.46. The van der Waals surface area contributed by atoms with E-state index in [1.165, 1.54) is 13.0 Å². The van der Waals surface area contributed by atoms with Crippen molar-refractivity contribution in [3.8, 4) is 17.0 Å². The fourth-order valence-electron chi connectivity index (χ4n) is 3.95. The number of fused-ring (bicyclic) bond motifs is 2. The zero-order chi connectivity index (χ0) is 21.4. The number of nitrogens with one attached hydrogen (secondary N) is 1. The highest BCUT2D eigenvalue weighted by Crippen LogP contribution is 2.35. The van der Waals surface area contributed by atoms with Crippen molar-refractivity contribution in [1.82, 2.24) is 4.98 Å². The molecule has 0 unspecified atom stereocenters. The van der Waals surface area contributed by atoms with Crippen LogP contribution in [0.2, 0.25) is 0 Å². The van der Waals surface area contributed by atoms with Gasteiger partial charge in [0.15, 0.2) is 0 Å². The molecule has 5 nitrogen and oxygen atoms in total. The topological polar surface area (TPSA) is 72.3 Å². The molecule has 0 saturated heterocycles. The Morgan fingerprint density at radius 1 is 0.968 bits per heavy atom. The third kappa shape index (κ3) is 3.62. The Bertz CT molecular complexity index is 1480. The minimum atomic E-state index is -0.421. The fraction of sp³-hybridized carbons (Fsp3) is 0.0769. The third-order valence-corrected chi connectivity index (χ3v) is 5.30. The van der Waals surface area contributed by atoms with Gasteiger partial charge >= 0.3 is 11.6 Å². The van der Waals surface area contributed by atoms with Gasteiger partial charge in [-0.1, -0.05) is 48.5 Å². The van der Waals surface area contributed by atoms with Crippen molar-refractivity contribution in [2.75, 3.05) is 0 Å². The van der Waals surface area contributed by atoms with E-state index in [9.17, 15) is 9.59 Å². The van der Waals surface area contributed by atoms with Gasteiger partial charge in [-0.2, -0.15) is 0 Å². The minimum Gasteiger partial charge on any atom is -0.426 e. The van der Waals surface area contributed by atoms with E-state index in [4.69, 9.17) is 9.15 Å². The van der Waals surface area contributed by atoms with Crippen molar-refractivity contribution < 1.29 is 13.9 Å². The van der Waals surface area contributed by atoms with Crippen LogP contribution in [0, 0.1) is 0 Å². The largest absolute Gasteiger partial charge is 0.426 e. The lowest BCUT2D eigenvalue weighted by Gasteiger charge is -2.12. The van der Waals surface area contributed by atoms with Crippen LogP contribution in [0.25, 0.3) is 33.1 Å². The number of carbonyl (C=O) groups excluding carboxylic acids is 1. The molecule has 0 aliphatic rings. The Morgan fingerprint density at radius 2 is 1.74 bits per heavy atom. The Balaban J connectivity index is 1.72. The van der Waals surface area contributed by atoms with Gasteiger partial charge < -0.3 is 14.1 Å². The van der Waals surface area contributed by atoms with Crippen LogP contribution in [0.4, 0.5) is 0 Å². The van der Waals surface area contributed by atoms with Gasteiger partial charge in [0, 0.05) is 41.3 Å². The van der Waals surface area contributed by atoms with Gasteiger partial charge in [0.1, 0.15) is 11.3 Å². The molecule has 0 saturated carbocycles. The quantitative estimate of drug-likeness (QED) is 0.243. The normalized spacial score (nSPS) is 11.1. The number of para-hydroxylation sites is 1. The Hall–Kier alpha value is -4.12. The number of carbonyl (C=O) groups is 1.